The van der Waals surface area contributed by atoms with Crippen LogP contribution in [0.15, 0.2) is 0 Å². The van der Waals surface area contributed by atoms with Gasteiger partial charge in [-0.05, 0) is 12.8 Å². The zero-order valence-electron chi connectivity index (χ0n) is 8.84. The van der Waals surface area contributed by atoms with Gasteiger partial charge in [0.2, 0.25) is 0 Å². The molecule has 0 saturated carbocycles. The summed E-state index contributed by atoms with van der Waals surface area (Å²) in [5.74, 6) is -1.87. The van der Waals surface area contributed by atoms with Crippen LogP contribution in [0.25, 0.3) is 0 Å². The minimum Gasteiger partial charge on any atom is -0.395 e. The fourth-order valence-electron chi connectivity index (χ4n) is 1.45. The average molecular weight is 227 g/mol. The molecule has 0 heterocycles. The van der Waals surface area contributed by atoms with Gasteiger partial charge in [-0.2, -0.15) is 13.2 Å². The number of alkyl halides is 3. The van der Waals surface area contributed by atoms with E-state index in [1.807, 2.05) is 0 Å². The predicted molar refractivity (Wildman–Crippen MR) is 49.2 cm³/mol. The van der Waals surface area contributed by atoms with Gasteiger partial charge < -0.3 is 10.0 Å². The van der Waals surface area contributed by atoms with Crippen molar-refractivity contribution in [3.05, 3.63) is 0 Å². The Bertz CT molecular complexity index is 202. The summed E-state index contributed by atoms with van der Waals surface area (Å²) >= 11 is 0. The molecular formula is C9H16F3NO2. The molecule has 0 bridgehead atoms. The molecule has 0 radical (unpaired) electrons. The molecule has 0 atom stereocenters. The Hall–Kier alpha value is -0.780. The van der Waals surface area contributed by atoms with Crippen LogP contribution >= 0.6 is 0 Å². The molecule has 0 aliphatic rings. The molecule has 0 unspecified atom stereocenters. The van der Waals surface area contributed by atoms with Crippen LogP contribution in [0.4, 0.5) is 13.2 Å². The van der Waals surface area contributed by atoms with Crippen molar-refractivity contribution in [2.24, 2.45) is 0 Å². The average Bonchev–Trinajstić information content (AvgIpc) is 2.16. The molecule has 0 aromatic heterocycles. The number of carbonyl (C=O) groups excluding carboxylic acids is 1. The minimum atomic E-state index is -4.86. The van der Waals surface area contributed by atoms with Crippen molar-refractivity contribution in [1.82, 2.24) is 4.90 Å². The number of halogens is 3. The first-order chi connectivity index (χ1) is 6.88. The van der Waals surface area contributed by atoms with E-state index in [0.29, 0.717) is 17.7 Å². The standard InChI is InChI=1S/C9H16F3NO2/c1-3-7(4-2)13(5-6-14)8(15)9(10,11)12/h7,14H,3-6H2,1-2H3. The van der Waals surface area contributed by atoms with Crippen LogP contribution in [0, 0.1) is 0 Å². The molecule has 0 fully saturated rings. The molecule has 0 aromatic carbocycles. The Kier molecular flexibility index (Phi) is 5.64. The monoisotopic (exact) mass is 227 g/mol. The Morgan fingerprint density at radius 3 is 2.07 bits per heavy atom. The van der Waals surface area contributed by atoms with E-state index < -0.39 is 24.7 Å². The van der Waals surface area contributed by atoms with E-state index in [2.05, 4.69) is 0 Å². The van der Waals surface area contributed by atoms with Crippen LogP contribution in [0.5, 0.6) is 0 Å². The molecule has 0 spiro atoms. The number of nitrogens with zero attached hydrogens (tertiary/aromatic N) is 1. The topological polar surface area (TPSA) is 40.5 Å². The van der Waals surface area contributed by atoms with Crippen LogP contribution in [0.1, 0.15) is 26.7 Å². The van der Waals surface area contributed by atoms with Gasteiger partial charge in [-0.15, -0.1) is 0 Å². The van der Waals surface area contributed by atoms with Gasteiger partial charge in [0.15, 0.2) is 0 Å². The third-order valence-electron chi connectivity index (χ3n) is 2.23. The van der Waals surface area contributed by atoms with E-state index in [0.717, 1.165) is 0 Å². The Morgan fingerprint density at radius 1 is 1.33 bits per heavy atom. The molecule has 15 heavy (non-hydrogen) atoms. The Balaban J connectivity index is 4.71. The lowest BCUT2D eigenvalue weighted by Crippen LogP contribution is -2.48. The van der Waals surface area contributed by atoms with E-state index in [1.54, 1.807) is 13.8 Å². The Morgan fingerprint density at radius 2 is 1.80 bits per heavy atom. The van der Waals surface area contributed by atoms with E-state index in [1.165, 1.54) is 0 Å². The number of aliphatic hydroxyl groups excluding tert-OH is 1. The number of hydrogen-bond donors (Lipinski definition) is 1. The van der Waals surface area contributed by atoms with Crippen LogP contribution in [-0.2, 0) is 4.79 Å². The normalized spacial score (nSPS) is 11.9. The van der Waals surface area contributed by atoms with Gasteiger partial charge in [0.25, 0.3) is 0 Å². The molecule has 90 valence electrons. The summed E-state index contributed by atoms with van der Waals surface area (Å²) in [6, 6.07) is -0.466. The summed E-state index contributed by atoms with van der Waals surface area (Å²) in [5.41, 5.74) is 0. The number of aliphatic hydroxyl groups is 1. The van der Waals surface area contributed by atoms with Crippen molar-refractivity contribution in [1.29, 1.82) is 0 Å². The highest BCUT2D eigenvalue weighted by Crippen LogP contribution is 2.21. The summed E-state index contributed by atoms with van der Waals surface area (Å²) in [4.78, 5) is 11.7. The SMILES string of the molecule is CCC(CC)N(CCO)C(=O)C(F)(F)F. The maximum atomic E-state index is 12.2. The maximum absolute atomic E-state index is 12.2. The number of rotatable bonds is 5. The van der Waals surface area contributed by atoms with E-state index in [-0.39, 0.29) is 6.54 Å². The lowest BCUT2D eigenvalue weighted by Gasteiger charge is -2.30. The van der Waals surface area contributed by atoms with E-state index >= 15 is 0 Å². The highest BCUT2D eigenvalue weighted by molar-refractivity contribution is 5.82. The number of carbonyl (C=O) groups is 1. The van der Waals surface area contributed by atoms with E-state index in [4.69, 9.17) is 5.11 Å². The van der Waals surface area contributed by atoms with Gasteiger partial charge in [-0.25, -0.2) is 0 Å². The molecule has 0 aromatic rings. The van der Waals surface area contributed by atoms with Crippen LogP contribution < -0.4 is 0 Å². The van der Waals surface area contributed by atoms with Gasteiger partial charge in [0, 0.05) is 12.6 Å². The second-order valence-corrected chi connectivity index (χ2v) is 3.19. The zero-order chi connectivity index (χ0) is 12.1. The summed E-state index contributed by atoms with van der Waals surface area (Å²) in [6.07, 6.45) is -3.98. The van der Waals surface area contributed by atoms with Gasteiger partial charge in [-0.3, -0.25) is 4.79 Å². The molecule has 3 nitrogen and oxygen atoms in total. The van der Waals surface area contributed by atoms with Crippen LogP contribution in [0.2, 0.25) is 0 Å². The third kappa shape index (κ3) is 4.07. The smallest absolute Gasteiger partial charge is 0.395 e. The summed E-state index contributed by atoms with van der Waals surface area (Å²) in [6.45, 7) is 2.69. The molecular weight excluding hydrogens is 211 g/mol. The molecule has 1 N–H and O–H groups in total. The zero-order valence-corrected chi connectivity index (χ0v) is 8.84. The quantitative estimate of drug-likeness (QED) is 0.774. The minimum absolute atomic E-state index is 0.273. The number of hydrogen-bond acceptors (Lipinski definition) is 2. The Labute approximate surface area is 86.9 Å². The molecule has 0 saturated heterocycles. The first-order valence-electron chi connectivity index (χ1n) is 4.87. The third-order valence-corrected chi connectivity index (χ3v) is 2.23. The van der Waals surface area contributed by atoms with Crippen molar-refractivity contribution >= 4 is 5.91 Å². The van der Waals surface area contributed by atoms with Crippen LogP contribution in [-0.4, -0.2) is 41.3 Å². The summed E-state index contributed by atoms with van der Waals surface area (Å²) < 4.78 is 36.5. The molecule has 6 heteroatoms. The lowest BCUT2D eigenvalue weighted by atomic mass is 10.1. The first kappa shape index (κ1) is 14.2. The van der Waals surface area contributed by atoms with Gasteiger partial charge in [0.1, 0.15) is 0 Å². The largest absolute Gasteiger partial charge is 0.471 e. The molecule has 0 rings (SSSR count). The van der Waals surface area contributed by atoms with Crippen molar-refractivity contribution in [3.63, 3.8) is 0 Å². The van der Waals surface area contributed by atoms with Crippen molar-refractivity contribution < 1.29 is 23.1 Å². The second-order valence-electron chi connectivity index (χ2n) is 3.19. The highest BCUT2D eigenvalue weighted by atomic mass is 19.4. The first-order valence-corrected chi connectivity index (χ1v) is 4.87. The second kappa shape index (κ2) is 5.95. The summed E-state index contributed by atoms with van der Waals surface area (Å²) in [7, 11) is 0. The van der Waals surface area contributed by atoms with E-state index in [9.17, 15) is 18.0 Å². The van der Waals surface area contributed by atoms with Crippen LogP contribution in [0.3, 0.4) is 0 Å². The maximum Gasteiger partial charge on any atom is 0.471 e. The van der Waals surface area contributed by atoms with Crippen molar-refractivity contribution in [3.8, 4) is 0 Å². The van der Waals surface area contributed by atoms with Gasteiger partial charge >= 0.3 is 12.1 Å². The molecule has 0 aliphatic heterocycles. The predicted octanol–water partition coefficient (Wildman–Crippen LogP) is 1.56. The van der Waals surface area contributed by atoms with Gasteiger partial charge in [-0.1, -0.05) is 13.8 Å². The number of amides is 1. The van der Waals surface area contributed by atoms with Gasteiger partial charge in [0.05, 0.1) is 6.61 Å². The van der Waals surface area contributed by atoms with Crippen molar-refractivity contribution in [2.75, 3.05) is 13.2 Å². The summed E-state index contributed by atoms with van der Waals surface area (Å²) in [5, 5.41) is 8.63. The van der Waals surface area contributed by atoms with Crippen molar-refractivity contribution in [2.45, 2.75) is 38.9 Å². The lowest BCUT2D eigenvalue weighted by molar-refractivity contribution is -0.188. The highest BCUT2D eigenvalue weighted by Gasteiger charge is 2.43. The molecule has 1 amide bonds. The molecule has 0 aliphatic carbocycles. The fourth-order valence-corrected chi connectivity index (χ4v) is 1.45. The fraction of sp³-hybridized carbons (Fsp3) is 0.889.